The number of esters is 1. The van der Waals surface area contributed by atoms with Gasteiger partial charge in [-0.15, -0.1) is 0 Å². The quantitative estimate of drug-likeness (QED) is 0.457. The summed E-state index contributed by atoms with van der Waals surface area (Å²) in [6, 6.07) is 7.66. The molecule has 160 valence electrons. The molecule has 1 fully saturated rings. The van der Waals surface area contributed by atoms with E-state index in [1.54, 1.807) is 4.52 Å². The van der Waals surface area contributed by atoms with E-state index in [1.165, 1.54) is 6.33 Å². The maximum atomic E-state index is 12.3. The fourth-order valence-electron chi connectivity index (χ4n) is 4.43. The minimum absolute atomic E-state index is 0.0814. The standard InChI is InChI=1S/C21H20ClFN6O2/c22-14-3-1-2-13-8-15(27-16(13)14)17-18-19(24)25-10-26-29(18)20(28-17)11-4-6-12(7-5-11)21(30)31-9-23/h1-3,8,10-12,27H,4-7,9H2,(H2,24,25,26)/t11-,12-. The van der Waals surface area contributed by atoms with Crippen molar-refractivity contribution in [1.29, 1.82) is 0 Å². The Kier molecular flexibility index (Phi) is 4.97. The predicted molar refractivity (Wildman–Crippen MR) is 114 cm³/mol. The van der Waals surface area contributed by atoms with Gasteiger partial charge in [-0.3, -0.25) is 4.79 Å². The Morgan fingerprint density at radius 1 is 1.32 bits per heavy atom. The number of rotatable bonds is 4. The number of alkyl halides is 1. The molecule has 0 aliphatic heterocycles. The number of hydrogen-bond acceptors (Lipinski definition) is 6. The van der Waals surface area contributed by atoms with E-state index in [9.17, 15) is 9.18 Å². The van der Waals surface area contributed by atoms with Crippen LogP contribution in [0.15, 0.2) is 30.6 Å². The zero-order valence-corrected chi connectivity index (χ0v) is 17.3. The number of carbonyl (C=O) groups excluding carboxylic acids is 1. The number of H-pyrrole nitrogens is 1. The van der Waals surface area contributed by atoms with E-state index < -0.39 is 12.8 Å². The largest absolute Gasteiger partial charge is 0.434 e. The van der Waals surface area contributed by atoms with Gasteiger partial charge in [0.25, 0.3) is 0 Å². The van der Waals surface area contributed by atoms with E-state index in [0.717, 1.165) is 22.4 Å². The van der Waals surface area contributed by atoms with Crippen molar-refractivity contribution in [3.05, 3.63) is 41.4 Å². The molecule has 4 aromatic rings. The molecule has 8 nitrogen and oxygen atoms in total. The van der Waals surface area contributed by atoms with Gasteiger partial charge in [0.2, 0.25) is 6.86 Å². The summed E-state index contributed by atoms with van der Waals surface area (Å²) in [5.41, 5.74) is 9.08. The van der Waals surface area contributed by atoms with E-state index in [2.05, 4.69) is 19.8 Å². The van der Waals surface area contributed by atoms with Crippen LogP contribution >= 0.6 is 11.6 Å². The normalized spacial score (nSPS) is 19.2. The van der Waals surface area contributed by atoms with Gasteiger partial charge in [-0.05, 0) is 37.8 Å². The van der Waals surface area contributed by atoms with Gasteiger partial charge in [-0.25, -0.2) is 18.9 Å². The molecule has 1 aliphatic carbocycles. The number of hydrogen-bond donors (Lipinski definition) is 2. The average Bonchev–Trinajstić information content (AvgIpc) is 3.37. The van der Waals surface area contributed by atoms with Crippen molar-refractivity contribution in [3.63, 3.8) is 0 Å². The highest BCUT2D eigenvalue weighted by atomic mass is 35.5. The van der Waals surface area contributed by atoms with Gasteiger partial charge in [-0.1, -0.05) is 23.7 Å². The van der Waals surface area contributed by atoms with Crippen molar-refractivity contribution in [2.45, 2.75) is 31.6 Å². The predicted octanol–water partition coefficient (Wildman–Crippen LogP) is 4.25. The molecule has 0 bridgehead atoms. The smallest absolute Gasteiger partial charge is 0.311 e. The van der Waals surface area contributed by atoms with Crippen molar-refractivity contribution < 1.29 is 13.9 Å². The maximum Gasteiger partial charge on any atom is 0.311 e. The fraction of sp³-hybridized carbons (Fsp3) is 0.333. The zero-order valence-electron chi connectivity index (χ0n) is 16.5. The van der Waals surface area contributed by atoms with Gasteiger partial charge < -0.3 is 15.5 Å². The molecule has 0 radical (unpaired) electrons. The highest BCUT2D eigenvalue weighted by molar-refractivity contribution is 6.35. The number of nitrogens with two attached hydrogens (primary N) is 1. The minimum atomic E-state index is -1.09. The van der Waals surface area contributed by atoms with Crippen LogP contribution in [0, 0.1) is 5.92 Å². The fourth-order valence-corrected chi connectivity index (χ4v) is 4.66. The molecule has 0 unspecified atom stereocenters. The van der Waals surface area contributed by atoms with Crippen LogP contribution in [0.25, 0.3) is 27.8 Å². The topological polar surface area (TPSA) is 111 Å². The summed E-state index contributed by atoms with van der Waals surface area (Å²) in [5, 5.41) is 5.99. The number of nitrogen functional groups attached to an aromatic ring is 1. The average molecular weight is 443 g/mol. The third kappa shape index (κ3) is 3.38. The van der Waals surface area contributed by atoms with E-state index in [0.29, 0.717) is 47.7 Å². The molecule has 3 aromatic heterocycles. The number of fused-ring (bicyclic) bond motifs is 2. The first-order chi connectivity index (χ1) is 15.1. The van der Waals surface area contributed by atoms with Crippen LogP contribution in [0.2, 0.25) is 5.02 Å². The number of nitrogens with zero attached hydrogens (tertiary/aromatic N) is 4. The lowest BCUT2D eigenvalue weighted by Gasteiger charge is -2.25. The second-order valence-electron chi connectivity index (χ2n) is 7.73. The molecule has 3 heterocycles. The molecule has 1 aliphatic rings. The number of imidazole rings is 1. The van der Waals surface area contributed by atoms with Gasteiger partial charge in [0.15, 0.2) is 5.82 Å². The number of nitrogens with one attached hydrogen (secondary N) is 1. The van der Waals surface area contributed by atoms with Crippen molar-refractivity contribution in [3.8, 4) is 11.4 Å². The molecule has 3 N–H and O–H groups in total. The highest BCUT2D eigenvalue weighted by Crippen LogP contribution is 2.39. The summed E-state index contributed by atoms with van der Waals surface area (Å²) >= 11 is 6.33. The van der Waals surface area contributed by atoms with Crippen LogP contribution < -0.4 is 5.73 Å². The number of halogens is 2. The van der Waals surface area contributed by atoms with Crippen molar-refractivity contribution in [1.82, 2.24) is 24.6 Å². The SMILES string of the molecule is Nc1ncnn2c1c(-c1cc3cccc(Cl)c3[nH]1)nc2[C@H]1CC[C@H](C(=O)OCF)CC1. The molecule has 0 atom stereocenters. The number of benzene rings is 1. The van der Waals surface area contributed by atoms with E-state index in [1.807, 2.05) is 24.3 Å². The van der Waals surface area contributed by atoms with E-state index in [-0.39, 0.29) is 11.8 Å². The van der Waals surface area contributed by atoms with Crippen molar-refractivity contribution in [2.24, 2.45) is 5.92 Å². The molecular formula is C21H20ClFN6O2. The molecule has 10 heteroatoms. The monoisotopic (exact) mass is 442 g/mol. The van der Waals surface area contributed by atoms with Crippen LogP contribution in [-0.2, 0) is 9.53 Å². The number of para-hydroxylation sites is 1. The maximum absolute atomic E-state index is 12.3. The Hall–Kier alpha value is -3.20. The van der Waals surface area contributed by atoms with Crippen molar-refractivity contribution >= 4 is 39.8 Å². The lowest BCUT2D eigenvalue weighted by molar-refractivity contribution is -0.153. The summed E-state index contributed by atoms with van der Waals surface area (Å²) < 4.78 is 18.6. The summed E-state index contributed by atoms with van der Waals surface area (Å²) in [7, 11) is 0. The Morgan fingerprint density at radius 2 is 2.13 bits per heavy atom. The first-order valence-electron chi connectivity index (χ1n) is 10.1. The molecule has 5 rings (SSSR count). The first kappa shape index (κ1) is 19.7. The van der Waals surface area contributed by atoms with Gasteiger partial charge in [0.1, 0.15) is 23.4 Å². The molecule has 1 saturated carbocycles. The third-order valence-corrected chi connectivity index (χ3v) is 6.28. The minimum Gasteiger partial charge on any atom is -0.434 e. The van der Waals surface area contributed by atoms with E-state index >= 15 is 0 Å². The van der Waals surface area contributed by atoms with Crippen LogP contribution in [0.3, 0.4) is 0 Å². The third-order valence-electron chi connectivity index (χ3n) is 5.97. The van der Waals surface area contributed by atoms with Gasteiger partial charge in [0.05, 0.1) is 22.2 Å². The van der Waals surface area contributed by atoms with E-state index in [4.69, 9.17) is 22.3 Å². The number of ether oxygens (including phenoxy) is 1. The molecule has 31 heavy (non-hydrogen) atoms. The number of anilines is 1. The Balaban J connectivity index is 1.54. The second-order valence-corrected chi connectivity index (χ2v) is 8.14. The zero-order chi connectivity index (χ0) is 21.5. The number of carbonyl (C=O) groups is 1. The van der Waals surface area contributed by atoms with Gasteiger partial charge in [0, 0.05) is 11.3 Å². The summed E-state index contributed by atoms with van der Waals surface area (Å²) in [4.78, 5) is 24.3. The lowest BCUT2D eigenvalue weighted by atomic mass is 9.81. The van der Waals surface area contributed by atoms with Crippen LogP contribution in [0.5, 0.6) is 0 Å². The van der Waals surface area contributed by atoms with Crippen LogP contribution in [-0.4, -0.2) is 37.4 Å². The Labute approximate surface area is 181 Å². The Bertz CT molecular complexity index is 1280. The summed E-state index contributed by atoms with van der Waals surface area (Å²) in [6.07, 6.45) is 4.05. The second kappa shape index (κ2) is 7.81. The number of aromatic amines is 1. The molecule has 0 amide bonds. The van der Waals surface area contributed by atoms with Gasteiger partial charge >= 0.3 is 5.97 Å². The summed E-state index contributed by atoms with van der Waals surface area (Å²) in [5.74, 6) is 0.414. The molecule has 0 spiro atoms. The van der Waals surface area contributed by atoms with Crippen molar-refractivity contribution in [2.75, 3.05) is 12.6 Å². The molecule has 0 saturated heterocycles. The van der Waals surface area contributed by atoms with Gasteiger partial charge in [-0.2, -0.15) is 5.10 Å². The first-order valence-corrected chi connectivity index (χ1v) is 10.4. The Morgan fingerprint density at radius 3 is 2.87 bits per heavy atom. The molecular weight excluding hydrogens is 423 g/mol. The lowest BCUT2D eigenvalue weighted by Crippen LogP contribution is -2.24. The summed E-state index contributed by atoms with van der Waals surface area (Å²) in [6.45, 7) is -1.09. The highest BCUT2D eigenvalue weighted by Gasteiger charge is 2.32. The molecule has 1 aromatic carbocycles. The van der Waals surface area contributed by atoms with Crippen LogP contribution in [0.4, 0.5) is 10.2 Å². The number of aromatic nitrogens is 5. The van der Waals surface area contributed by atoms with Crippen LogP contribution in [0.1, 0.15) is 37.4 Å².